The number of imidazole rings is 1. The van der Waals surface area contributed by atoms with Crippen molar-refractivity contribution < 1.29 is 4.79 Å². The first kappa shape index (κ1) is 22.6. The summed E-state index contributed by atoms with van der Waals surface area (Å²) in [5.41, 5.74) is 3.91. The quantitative estimate of drug-likeness (QED) is 0.645. The summed E-state index contributed by atoms with van der Waals surface area (Å²) in [6.07, 6.45) is 1.97. The number of halogens is 1. The number of hydrogen-bond donors (Lipinski definition) is 1. The molecule has 3 rings (SSSR count). The molecule has 1 N–H and O–H groups in total. The molecule has 0 bridgehead atoms. The second kappa shape index (κ2) is 10.3. The summed E-state index contributed by atoms with van der Waals surface area (Å²) in [7, 11) is 0. The number of nitrogens with one attached hydrogen (secondary N) is 1. The molecular formula is C23H34ClN5O. The molecule has 1 fully saturated rings. The molecule has 7 heteroatoms. The normalized spacial score (nSPS) is 14.9. The van der Waals surface area contributed by atoms with Crippen LogP contribution in [0.2, 0.25) is 5.02 Å². The van der Waals surface area contributed by atoms with Crippen LogP contribution < -0.4 is 10.2 Å². The number of nitrogens with zero attached hydrogens (tertiary/aromatic N) is 4. The van der Waals surface area contributed by atoms with E-state index in [2.05, 4.69) is 44.6 Å². The van der Waals surface area contributed by atoms with Crippen molar-refractivity contribution in [3.63, 3.8) is 0 Å². The van der Waals surface area contributed by atoms with Gasteiger partial charge in [-0.15, -0.1) is 0 Å². The Morgan fingerprint density at radius 2 is 1.87 bits per heavy atom. The molecule has 0 spiro atoms. The number of benzene rings is 1. The number of aromatic nitrogens is 2. The smallest absolute Gasteiger partial charge is 0.271 e. The maximum Gasteiger partial charge on any atom is 0.271 e. The number of aryl methyl sites for hydroxylation is 1. The zero-order chi connectivity index (χ0) is 21.7. The second-order valence-corrected chi connectivity index (χ2v) is 8.47. The van der Waals surface area contributed by atoms with E-state index in [4.69, 9.17) is 11.6 Å². The number of anilines is 1. The fraction of sp³-hybridized carbons (Fsp3) is 0.565. The summed E-state index contributed by atoms with van der Waals surface area (Å²) in [6, 6.07) is 6.12. The highest BCUT2D eigenvalue weighted by atomic mass is 35.5. The molecule has 1 amide bonds. The van der Waals surface area contributed by atoms with Crippen LogP contribution in [0.3, 0.4) is 0 Å². The highest BCUT2D eigenvalue weighted by molar-refractivity contribution is 6.31. The van der Waals surface area contributed by atoms with E-state index in [0.717, 1.165) is 74.2 Å². The lowest BCUT2D eigenvalue weighted by atomic mass is 10.1. The van der Waals surface area contributed by atoms with Crippen LogP contribution in [0.1, 0.15) is 47.3 Å². The van der Waals surface area contributed by atoms with Crippen molar-refractivity contribution in [1.29, 1.82) is 0 Å². The van der Waals surface area contributed by atoms with Gasteiger partial charge >= 0.3 is 0 Å². The molecule has 2 heterocycles. The fourth-order valence-corrected chi connectivity index (χ4v) is 4.35. The number of piperazine rings is 1. The zero-order valence-corrected chi connectivity index (χ0v) is 19.4. The molecule has 6 nitrogen and oxygen atoms in total. The van der Waals surface area contributed by atoms with Crippen LogP contribution in [0.5, 0.6) is 0 Å². The highest BCUT2D eigenvalue weighted by Gasteiger charge is 2.20. The molecule has 0 saturated carbocycles. The molecule has 0 radical (unpaired) electrons. The van der Waals surface area contributed by atoms with Gasteiger partial charge in [0.1, 0.15) is 11.5 Å². The third kappa shape index (κ3) is 5.16. The molecule has 0 aliphatic carbocycles. The number of rotatable bonds is 8. The van der Waals surface area contributed by atoms with Gasteiger partial charge in [-0.25, -0.2) is 4.98 Å². The maximum atomic E-state index is 12.5. The van der Waals surface area contributed by atoms with Gasteiger partial charge in [-0.2, -0.15) is 0 Å². The second-order valence-electron chi connectivity index (χ2n) is 8.07. The Hall–Kier alpha value is -2.05. The molecule has 1 saturated heterocycles. The number of amides is 1. The first-order valence-corrected chi connectivity index (χ1v) is 11.3. The van der Waals surface area contributed by atoms with Crippen LogP contribution in [0.15, 0.2) is 18.2 Å². The standard InChI is InChI=1S/C23H34ClN5O/c1-5-11-29-18(3)22(26-19(29)4)23(30)25-10-7-12-27-13-15-28(16-14-27)21-9-6-8-20(24)17(21)2/h6,8-9H,5,7,10-16H2,1-4H3,(H,25,30). The van der Waals surface area contributed by atoms with Gasteiger partial charge in [-0.1, -0.05) is 24.6 Å². The van der Waals surface area contributed by atoms with E-state index in [1.165, 1.54) is 5.69 Å². The lowest BCUT2D eigenvalue weighted by molar-refractivity contribution is 0.0946. The Bertz CT molecular complexity index is 871. The van der Waals surface area contributed by atoms with E-state index < -0.39 is 0 Å². The summed E-state index contributed by atoms with van der Waals surface area (Å²) in [5.74, 6) is 0.846. The summed E-state index contributed by atoms with van der Waals surface area (Å²) in [5, 5.41) is 3.87. The largest absolute Gasteiger partial charge is 0.369 e. The molecular weight excluding hydrogens is 398 g/mol. The Labute approximate surface area is 185 Å². The fourth-order valence-electron chi connectivity index (χ4n) is 4.18. The monoisotopic (exact) mass is 431 g/mol. The van der Waals surface area contributed by atoms with E-state index >= 15 is 0 Å². The summed E-state index contributed by atoms with van der Waals surface area (Å²) < 4.78 is 2.12. The maximum absolute atomic E-state index is 12.5. The lowest BCUT2D eigenvalue weighted by Gasteiger charge is -2.37. The lowest BCUT2D eigenvalue weighted by Crippen LogP contribution is -2.47. The van der Waals surface area contributed by atoms with Crippen LogP contribution >= 0.6 is 11.6 Å². The van der Waals surface area contributed by atoms with E-state index in [0.29, 0.717) is 12.2 Å². The van der Waals surface area contributed by atoms with Crippen LogP contribution in [-0.2, 0) is 6.54 Å². The van der Waals surface area contributed by atoms with Gasteiger partial charge in [0.2, 0.25) is 0 Å². The van der Waals surface area contributed by atoms with Gasteiger partial charge in [0.25, 0.3) is 5.91 Å². The first-order valence-electron chi connectivity index (χ1n) is 11.0. The van der Waals surface area contributed by atoms with Gasteiger partial charge in [-0.3, -0.25) is 9.69 Å². The first-order chi connectivity index (χ1) is 14.4. The van der Waals surface area contributed by atoms with E-state index in [-0.39, 0.29) is 5.91 Å². The third-order valence-corrected chi connectivity index (χ3v) is 6.37. The van der Waals surface area contributed by atoms with Crippen LogP contribution in [0.4, 0.5) is 5.69 Å². The van der Waals surface area contributed by atoms with Gasteiger partial charge in [0, 0.05) is 55.7 Å². The Balaban J connectivity index is 1.41. The van der Waals surface area contributed by atoms with Crippen molar-refractivity contribution in [3.05, 3.63) is 46.0 Å². The van der Waals surface area contributed by atoms with E-state index in [1.54, 1.807) is 0 Å². The SMILES string of the molecule is CCCn1c(C)nc(C(=O)NCCCN2CCN(c3cccc(Cl)c3C)CC2)c1C. The van der Waals surface area contributed by atoms with E-state index in [1.807, 2.05) is 26.0 Å². The van der Waals surface area contributed by atoms with Gasteiger partial charge in [0.15, 0.2) is 0 Å². The summed E-state index contributed by atoms with van der Waals surface area (Å²) >= 11 is 6.27. The minimum absolute atomic E-state index is 0.0632. The zero-order valence-electron chi connectivity index (χ0n) is 18.7. The molecule has 1 aromatic heterocycles. The van der Waals surface area contributed by atoms with Crippen LogP contribution in [0, 0.1) is 20.8 Å². The van der Waals surface area contributed by atoms with Gasteiger partial charge in [-0.05, 0) is 57.9 Å². The average Bonchev–Trinajstić information content (AvgIpc) is 3.02. The highest BCUT2D eigenvalue weighted by Crippen LogP contribution is 2.27. The predicted molar refractivity (Wildman–Crippen MR) is 124 cm³/mol. The minimum Gasteiger partial charge on any atom is -0.369 e. The molecule has 0 atom stereocenters. The topological polar surface area (TPSA) is 53.4 Å². The summed E-state index contributed by atoms with van der Waals surface area (Å²) in [6.45, 7) is 14.8. The van der Waals surface area contributed by atoms with Crippen molar-refractivity contribution in [2.45, 2.75) is 47.1 Å². The van der Waals surface area contributed by atoms with Crippen molar-refractivity contribution in [2.24, 2.45) is 0 Å². The van der Waals surface area contributed by atoms with Crippen molar-refractivity contribution in [1.82, 2.24) is 19.8 Å². The molecule has 1 aromatic carbocycles. The van der Waals surface area contributed by atoms with Crippen LogP contribution in [0.25, 0.3) is 0 Å². The molecule has 0 unspecified atom stereocenters. The molecule has 1 aliphatic heterocycles. The Morgan fingerprint density at radius 1 is 1.13 bits per heavy atom. The van der Waals surface area contributed by atoms with Crippen molar-refractivity contribution in [2.75, 3.05) is 44.2 Å². The number of hydrogen-bond acceptors (Lipinski definition) is 4. The molecule has 2 aromatic rings. The van der Waals surface area contributed by atoms with Gasteiger partial charge < -0.3 is 14.8 Å². The molecule has 30 heavy (non-hydrogen) atoms. The number of carbonyl (C=O) groups excluding carboxylic acids is 1. The predicted octanol–water partition coefficient (Wildman–Crippen LogP) is 3.81. The number of carbonyl (C=O) groups is 1. The van der Waals surface area contributed by atoms with Crippen LogP contribution in [-0.4, -0.2) is 59.6 Å². The van der Waals surface area contributed by atoms with Crippen molar-refractivity contribution >= 4 is 23.2 Å². The molecule has 164 valence electrons. The average molecular weight is 432 g/mol. The molecule has 1 aliphatic rings. The minimum atomic E-state index is -0.0632. The summed E-state index contributed by atoms with van der Waals surface area (Å²) in [4.78, 5) is 21.9. The van der Waals surface area contributed by atoms with E-state index in [9.17, 15) is 4.79 Å². The Kier molecular flexibility index (Phi) is 7.78. The van der Waals surface area contributed by atoms with Gasteiger partial charge in [0.05, 0.1) is 0 Å². The third-order valence-electron chi connectivity index (χ3n) is 5.96. The Morgan fingerprint density at radius 3 is 2.57 bits per heavy atom. The van der Waals surface area contributed by atoms with Crippen molar-refractivity contribution in [3.8, 4) is 0 Å².